The van der Waals surface area contributed by atoms with Gasteiger partial charge >= 0.3 is 0 Å². The molecule has 1 unspecified atom stereocenters. The van der Waals surface area contributed by atoms with Crippen LogP contribution in [0.25, 0.3) is 11.3 Å². The summed E-state index contributed by atoms with van der Waals surface area (Å²) in [5, 5.41) is 4.85. The van der Waals surface area contributed by atoms with E-state index in [4.69, 9.17) is 14.6 Å². The molecule has 178 valence electrons. The van der Waals surface area contributed by atoms with E-state index < -0.39 is 0 Å². The number of benzene rings is 2. The standard InChI is InChI=1S/C28H33N3O3/c1-20-9-6-14-23(17-20)34-28-25(26(29-30(28)2)21-10-4-3-5-11-21)19-31(18-24-15-8-16-33-24)27(32)22-12-7-13-22/h3-6,9-11,14,17,22,24H,7-8,12-13,15-16,18-19H2,1-2H3. The summed E-state index contributed by atoms with van der Waals surface area (Å²) in [5.74, 6) is 1.79. The summed E-state index contributed by atoms with van der Waals surface area (Å²) in [6, 6.07) is 18.1. The number of carbonyl (C=O) groups excluding carboxylic acids is 1. The summed E-state index contributed by atoms with van der Waals surface area (Å²) < 4.78 is 14.1. The Morgan fingerprint density at radius 1 is 1.12 bits per heavy atom. The molecule has 34 heavy (non-hydrogen) atoms. The second kappa shape index (κ2) is 10.0. The van der Waals surface area contributed by atoms with E-state index in [0.717, 1.165) is 66.8 Å². The first-order valence-electron chi connectivity index (χ1n) is 12.3. The molecular formula is C28H33N3O3. The second-order valence-corrected chi connectivity index (χ2v) is 9.52. The molecule has 1 aliphatic carbocycles. The fourth-order valence-electron chi connectivity index (χ4n) is 4.81. The van der Waals surface area contributed by atoms with Crippen LogP contribution in [0.5, 0.6) is 11.6 Å². The molecule has 2 fully saturated rings. The van der Waals surface area contributed by atoms with Crippen LogP contribution in [0.2, 0.25) is 0 Å². The first-order valence-corrected chi connectivity index (χ1v) is 12.3. The third-order valence-electron chi connectivity index (χ3n) is 6.90. The molecule has 0 spiro atoms. The summed E-state index contributed by atoms with van der Waals surface area (Å²) in [5.41, 5.74) is 3.93. The molecule has 1 saturated heterocycles. The van der Waals surface area contributed by atoms with Gasteiger partial charge in [0.1, 0.15) is 11.4 Å². The van der Waals surface area contributed by atoms with Gasteiger partial charge in [0.2, 0.25) is 11.8 Å². The fraction of sp³-hybridized carbons (Fsp3) is 0.429. The molecule has 0 radical (unpaired) electrons. The van der Waals surface area contributed by atoms with E-state index in [0.29, 0.717) is 19.0 Å². The van der Waals surface area contributed by atoms with E-state index >= 15 is 0 Å². The normalized spacial score (nSPS) is 18.0. The first kappa shape index (κ1) is 22.7. The lowest BCUT2D eigenvalue weighted by atomic mass is 9.84. The van der Waals surface area contributed by atoms with Crippen LogP contribution in [0.15, 0.2) is 54.6 Å². The SMILES string of the molecule is Cc1cccc(Oc2c(CN(CC3CCCO3)C(=O)C3CCC3)c(-c3ccccc3)nn2C)c1. The molecule has 2 aliphatic rings. The van der Waals surface area contributed by atoms with E-state index in [1.165, 1.54) is 0 Å². The van der Waals surface area contributed by atoms with Gasteiger partial charge in [0.15, 0.2) is 0 Å². The number of aromatic nitrogens is 2. The average Bonchev–Trinajstić information content (AvgIpc) is 3.41. The lowest BCUT2D eigenvalue weighted by molar-refractivity contribution is -0.140. The van der Waals surface area contributed by atoms with Crippen LogP contribution < -0.4 is 4.74 Å². The van der Waals surface area contributed by atoms with Gasteiger partial charge in [0, 0.05) is 31.7 Å². The first-order chi connectivity index (χ1) is 16.6. The number of carbonyl (C=O) groups is 1. The third-order valence-corrected chi connectivity index (χ3v) is 6.90. The molecule has 1 aromatic heterocycles. The molecule has 2 heterocycles. The predicted molar refractivity (Wildman–Crippen MR) is 132 cm³/mol. The summed E-state index contributed by atoms with van der Waals surface area (Å²) >= 11 is 0. The summed E-state index contributed by atoms with van der Waals surface area (Å²) in [4.78, 5) is 15.5. The lowest BCUT2D eigenvalue weighted by Gasteiger charge is -2.33. The molecule has 2 aromatic carbocycles. The van der Waals surface area contributed by atoms with Gasteiger partial charge in [0.05, 0.1) is 18.2 Å². The monoisotopic (exact) mass is 459 g/mol. The zero-order valence-corrected chi connectivity index (χ0v) is 20.1. The molecule has 1 aliphatic heterocycles. The third kappa shape index (κ3) is 4.87. The Morgan fingerprint density at radius 3 is 2.62 bits per heavy atom. The van der Waals surface area contributed by atoms with Crippen molar-refractivity contribution in [2.45, 2.75) is 51.7 Å². The summed E-state index contributed by atoms with van der Waals surface area (Å²) in [6.07, 6.45) is 5.24. The van der Waals surface area contributed by atoms with Crippen molar-refractivity contribution in [3.63, 3.8) is 0 Å². The highest BCUT2D eigenvalue weighted by molar-refractivity contribution is 5.80. The minimum Gasteiger partial charge on any atom is -0.439 e. The van der Waals surface area contributed by atoms with Gasteiger partial charge < -0.3 is 14.4 Å². The number of hydrogen-bond acceptors (Lipinski definition) is 4. The molecule has 6 nitrogen and oxygen atoms in total. The van der Waals surface area contributed by atoms with Crippen LogP contribution in [-0.2, 0) is 23.1 Å². The van der Waals surface area contributed by atoms with Crippen molar-refractivity contribution in [2.75, 3.05) is 13.2 Å². The van der Waals surface area contributed by atoms with Crippen molar-refractivity contribution in [1.29, 1.82) is 0 Å². The second-order valence-electron chi connectivity index (χ2n) is 9.52. The van der Waals surface area contributed by atoms with Crippen LogP contribution in [0, 0.1) is 12.8 Å². The highest BCUT2D eigenvalue weighted by Crippen LogP contribution is 2.36. The largest absolute Gasteiger partial charge is 0.439 e. The van der Waals surface area contributed by atoms with Gasteiger partial charge in [-0.15, -0.1) is 0 Å². The van der Waals surface area contributed by atoms with Gasteiger partial charge in [-0.05, 0) is 50.3 Å². The highest BCUT2D eigenvalue weighted by atomic mass is 16.5. The maximum absolute atomic E-state index is 13.5. The van der Waals surface area contributed by atoms with Gasteiger partial charge in [-0.3, -0.25) is 4.79 Å². The molecule has 1 atom stereocenters. The molecule has 0 N–H and O–H groups in total. The smallest absolute Gasteiger partial charge is 0.226 e. The Balaban J connectivity index is 1.52. The van der Waals surface area contributed by atoms with E-state index in [1.54, 1.807) is 4.68 Å². The van der Waals surface area contributed by atoms with Gasteiger partial charge in [-0.1, -0.05) is 48.9 Å². The summed E-state index contributed by atoms with van der Waals surface area (Å²) in [7, 11) is 1.90. The van der Waals surface area contributed by atoms with Gasteiger partial charge in [-0.25, -0.2) is 4.68 Å². The van der Waals surface area contributed by atoms with Crippen molar-refractivity contribution in [3.05, 3.63) is 65.7 Å². The average molecular weight is 460 g/mol. The predicted octanol–water partition coefficient (Wildman–Crippen LogP) is 5.50. The number of nitrogens with zero attached hydrogens (tertiary/aromatic N) is 3. The molecular weight excluding hydrogens is 426 g/mol. The van der Waals surface area contributed by atoms with Gasteiger partial charge in [0.25, 0.3) is 0 Å². The Kier molecular flexibility index (Phi) is 6.68. The van der Waals surface area contributed by atoms with Crippen molar-refractivity contribution >= 4 is 5.91 Å². The van der Waals surface area contributed by atoms with Crippen molar-refractivity contribution in [2.24, 2.45) is 13.0 Å². The number of aryl methyl sites for hydroxylation is 2. The zero-order chi connectivity index (χ0) is 23.5. The van der Waals surface area contributed by atoms with Crippen molar-refractivity contribution in [3.8, 4) is 22.9 Å². The Bertz CT molecular complexity index is 1130. The molecule has 5 rings (SSSR count). The Hall–Kier alpha value is -3.12. The Labute approximate surface area is 201 Å². The Morgan fingerprint density at radius 2 is 1.94 bits per heavy atom. The summed E-state index contributed by atoms with van der Waals surface area (Å²) in [6.45, 7) is 3.89. The van der Waals surface area contributed by atoms with E-state index in [9.17, 15) is 4.79 Å². The van der Waals surface area contributed by atoms with Crippen LogP contribution >= 0.6 is 0 Å². The molecule has 0 bridgehead atoms. The molecule has 3 aromatic rings. The number of hydrogen-bond donors (Lipinski definition) is 0. The van der Waals surface area contributed by atoms with Crippen molar-refractivity contribution < 1.29 is 14.3 Å². The van der Waals surface area contributed by atoms with E-state index in [2.05, 4.69) is 12.1 Å². The lowest BCUT2D eigenvalue weighted by Crippen LogP contribution is -2.42. The van der Waals surface area contributed by atoms with E-state index in [1.807, 2.05) is 61.3 Å². The topological polar surface area (TPSA) is 56.6 Å². The van der Waals surface area contributed by atoms with Crippen molar-refractivity contribution in [1.82, 2.24) is 14.7 Å². The maximum atomic E-state index is 13.5. The number of amides is 1. The zero-order valence-electron chi connectivity index (χ0n) is 20.1. The number of rotatable bonds is 8. The fourth-order valence-corrected chi connectivity index (χ4v) is 4.81. The molecule has 6 heteroatoms. The minimum atomic E-state index is 0.0991. The minimum absolute atomic E-state index is 0.0991. The number of ether oxygens (including phenoxy) is 2. The quantitative estimate of drug-likeness (QED) is 0.447. The van der Waals surface area contributed by atoms with Crippen LogP contribution in [-0.4, -0.2) is 39.8 Å². The maximum Gasteiger partial charge on any atom is 0.226 e. The highest BCUT2D eigenvalue weighted by Gasteiger charge is 2.33. The van der Waals surface area contributed by atoms with Gasteiger partial charge in [-0.2, -0.15) is 5.10 Å². The van der Waals surface area contributed by atoms with Crippen LogP contribution in [0.3, 0.4) is 0 Å². The van der Waals surface area contributed by atoms with E-state index in [-0.39, 0.29) is 17.9 Å². The molecule has 1 amide bonds. The van der Waals surface area contributed by atoms with Crippen LogP contribution in [0.4, 0.5) is 0 Å². The molecule has 1 saturated carbocycles. The van der Waals surface area contributed by atoms with Crippen LogP contribution in [0.1, 0.15) is 43.2 Å².